The highest BCUT2D eigenvalue weighted by atomic mass is 16.5. The van der Waals surface area contributed by atoms with Gasteiger partial charge >= 0.3 is 0 Å². The molecule has 2 aromatic heterocycles. The molecule has 0 radical (unpaired) electrons. The van der Waals surface area contributed by atoms with Crippen molar-refractivity contribution in [3.63, 3.8) is 0 Å². The number of amides is 2. The summed E-state index contributed by atoms with van der Waals surface area (Å²) in [6.07, 6.45) is 4.25. The zero-order chi connectivity index (χ0) is 26.4. The minimum Gasteiger partial charge on any atom is -0.378 e. The predicted octanol–water partition coefficient (Wildman–Crippen LogP) is 2.81. The SMILES string of the molecule is CC(NC(=O)c1cccn2c(NCC3CCCO3)c(-c3ccc(N(C)C)cc3)nc12)C(=O)NCCC#N. The van der Waals surface area contributed by atoms with Crippen molar-refractivity contribution in [1.82, 2.24) is 20.0 Å². The van der Waals surface area contributed by atoms with Gasteiger partial charge in [0.1, 0.15) is 17.6 Å². The summed E-state index contributed by atoms with van der Waals surface area (Å²) < 4.78 is 7.67. The van der Waals surface area contributed by atoms with Gasteiger partial charge in [-0.2, -0.15) is 5.26 Å². The lowest BCUT2D eigenvalue weighted by molar-refractivity contribution is -0.122. The lowest BCUT2D eigenvalue weighted by atomic mass is 10.1. The molecule has 2 unspecified atom stereocenters. The van der Waals surface area contributed by atoms with E-state index >= 15 is 0 Å². The zero-order valence-electron chi connectivity index (χ0n) is 21.5. The first-order valence-corrected chi connectivity index (χ1v) is 12.5. The number of aromatic nitrogens is 2. The van der Waals surface area contributed by atoms with Crippen LogP contribution in [0.4, 0.5) is 11.5 Å². The Kier molecular flexibility index (Phi) is 8.25. The number of rotatable bonds is 10. The maximum Gasteiger partial charge on any atom is 0.255 e. The molecule has 0 aliphatic carbocycles. The molecule has 10 nitrogen and oxygen atoms in total. The largest absolute Gasteiger partial charge is 0.378 e. The molecule has 1 saturated heterocycles. The van der Waals surface area contributed by atoms with E-state index in [9.17, 15) is 9.59 Å². The van der Waals surface area contributed by atoms with Crippen LogP contribution in [0.25, 0.3) is 16.9 Å². The summed E-state index contributed by atoms with van der Waals surface area (Å²) in [5.74, 6) is 0.0262. The van der Waals surface area contributed by atoms with Crippen molar-refractivity contribution in [2.45, 2.75) is 38.3 Å². The standard InChI is InChI=1S/C27H33N7O3/c1-18(26(35)29-14-6-13-28)31-27(36)22-8-4-15-34-24(22)32-23(19-9-11-20(12-10-19)33(2)3)25(34)30-17-21-7-5-16-37-21/h4,8-12,15,18,21,30H,5-7,14,16-17H2,1-3H3,(H,29,35)(H,31,36). The summed E-state index contributed by atoms with van der Waals surface area (Å²) in [5.41, 5.74) is 3.56. The first kappa shape index (κ1) is 26.0. The normalized spacial score (nSPS) is 15.7. The second-order valence-corrected chi connectivity index (χ2v) is 9.28. The fraction of sp³-hybridized carbons (Fsp3) is 0.407. The van der Waals surface area contributed by atoms with Crippen molar-refractivity contribution in [2.24, 2.45) is 0 Å². The third kappa shape index (κ3) is 6.01. The number of nitrogens with zero attached hydrogens (tertiary/aromatic N) is 4. The predicted molar refractivity (Wildman–Crippen MR) is 143 cm³/mol. The average molecular weight is 504 g/mol. The van der Waals surface area contributed by atoms with Crippen molar-refractivity contribution in [2.75, 3.05) is 44.0 Å². The van der Waals surface area contributed by atoms with Gasteiger partial charge in [0, 0.05) is 51.2 Å². The number of imidazole rings is 1. The number of ether oxygens (including phenoxy) is 1. The molecule has 2 amide bonds. The second-order valence-electron chi connectivity index (χ2n) is 9.28. The van der Waals surface area contributed by atoms with Gasteiger partial charge in [-0.25, -0.2) is 4.98 Å². The molecule has 4 rings (SSSR count). The Hall–Kier alpha value is -4.10. The molecule has 1 fully saturated rings. The Morgan fingerprint density at radius 1 is 1.27 bits per heavy atom. The van der Waals surface area contributed by atoms with Crippen LogP contribution in [0.5, 0.6) is 0 Å². The summed E-state index contributed by atoms with van der Waals surface area (Å²) >= 11 is 0. The molecule has 37 heavy (non-hydrogen) atoms. The molecular formula is C27H33N7O3. The fourth-order valence-electron chi connectivity index (χ4n) is 4.28. The van der Waals surface area contributed by atoms with Crippen LogP contribution in [0.3, 0.4) is 0 Å². The molecule has 3 heterocycles. The van der Waals surface area contributed by atoms with Crippen LogP contribution in [-0.4, -0.2) is 67.1 Å². The van der Waals surface area contributed by atoms with Crippen molar-refractivity contribution < 1.29 is 14.3 Å². The third-order valence-corrected chi connectivity index (χ3v) is 6.35. The molecule has 1 aliphatic heterocycles. The molecule has 3 N–H and O–H groups in total. The van der Waals surface area contributed by atoms with Crippen LogP contribution in [0.1, 0.15) is 36.5 Å². The van der Waals surface area contributed by atoms with Crippen molar-refractivity contribution >= 4 is 29.0 Å². The van der Waals surface area contributed by atoms with Crippen LogP contribution in [-0.2, 0) is 9.53 Å². The Labute approximate surface area is 216 Å². The highest BCUT2D eigenvalue weighted by Crippen LogP contribution is 2.31. The Balaban J connectivity index is 1.66. The molecule has 0 spiro atoms. The monoisotopic (exact) mass is 503 g/mol. The number of nitriles is 1. The van der Waals surface area contributed by atoms with Crippen molar-refractivity contribution in [1.29, 1.82) is 5.26 Å². The van der Waals surface area contributed by atoms with Crippen LogP contribution in [0.2, 0.25) is 0 Å². The number of benzene rings is 1. The summed E-state index contributed by atoms with van der Waals surface area (Å²) in [5, 5.41) is 17.6. The molecule has 194 valence electrons. The van der Waals surface area contributed by atoms with E-state index in [4.69, 9.17) is 15.0 Å². The van der Waals surface area contributed by atoms with Crippen molar-refractivity contribution in [3.8, 4) is 17.3 Å². The summed E-state index contributed by atoms with van der Waals surface area (Å²) in [6.45, 7) is 3.25. The summed E-state index contributed by atoms with van der Waals surface area (Å²) in [7, 11) is 3.98. The molecule has 0 saturated carbocycles. The van der Waals surface area contributed by atoms with E-state index in [0.717, 1.165) is 42.2 Å². The van der Waals surface area contributed by atoms with Crippen LogP contribution in [0, 0.1) is 11.3 Å². The number of nitrogens with one attached hydrogen (secondary N) is 3. The van der Waals surface area contributed by atoms with Gasteiger partial charge in [0.15, 0.2) is 5.65 Å². The van der Waals surface area contributed by atoms with Gasteiger partial charge < -0.3 is 25.6 Å². The van der Waals surface area contributed by atoms with Gasteiger partial charge in [-0.1, -0.05) is 12.1 Å². The maximum atomic E-state index is 13.2. The smallest absolute Gasteiger partial charge is 0.255 e. The highest BCUT2D eigenvalue weighted by Gasteiger charge is 2.23. The van der Waals surface area contributed by atoms with E-state index in [0.29, 0.717) is 17.8 Å². The lowest BCUT2D eigenvalue weighted by Crippen LogP contribution is -2.45. The van der Waals surface area contributed by atoms with Gasteiger partial charge in [0.05, 0.1) is 24.2 Å². The first-order chi connectivity index (χ1) is 17.9. The van der Waals surface area contributed by atoms with Gasteiger partial charge in [-0.15, -0.1) is 0 Å². The second kappa shape index (κ2) is 11.8. The zero-order valence-corrected chi connectivity index (χ0v) is 21.5. The van der Waals surface area contributed by atoms with E-state index in [2.05, 4.69) is 16.0 Å². The molecule has 2 atom stereocenters. The molecule has 3 aromatic rings. The number of carbonyl (C=O) groups is 2. The van der Waals surface area contributed by atoms with E-state index < -0.39 is 11.9 Å². The van der Waals surface area contributed by atoms with E-state index in [-0.39, 0.29) is 25.0 Å². The molecular weight excluding hydrogens is 470 g/mol. The van der Waals surface area contributed by atoms with Crippen LogP contribution >= 0.6 is 0 Å². The highest BCUT2D eigenvalue weighted by molar-refractivity contribution is 6.02. The molecule has 1 aromatic carbocycles. The molecule has 10 heteroatoms. The first-order valence-electron chi connectivity index (χ1n) is 12.5. The topological polar surface area (TPSA) is 124 Å². The Morgan fingerprint density at radius 2 is 2.05 bits per heavy atom. The number of fused-ring (bicyclic) bond motifs is 1. The van der Waals surface area contributed by atoms with Crippen LogP contribution in [0.15, 0.2) is 42.6 Å². The molecule has 1 aliphatic rings. The Morgan fingerprint density at radius 3 is 2.73 bits per heavy atom. The number of hydrogen-bond donors (Lipinski definition) is 3. The van der Waals surface area contributed by atoms with Gasteiger partial charge in [0.25, 0.3) is 5.91 Å². The fourth-order valence-corrected chi connectivity index (χ4v) is 4.28. The van der Waals surface area contributed by atoms with Gasteiger partial charge in [0.2, 0.25) is 5.91 Å². The van der Waals surface area contributed by atoms with Crippen LogP contribution < -0.4 is 20.9 Å². The minimum atomic E-state index is -0.767. The van der Waals surface area contributed by atoms with Crippen molar-refractivity contribution in [3.05, 3.63) is 48.2 Å². The summed E-state index contributed by atoms with van der Waals surface area (Å²) in [6, 6.07) is 12.8. The molecule has 0 bridgehead atoms. The number of anilines is 2. The minimum absolute atomic E-state index is 0.126. The van der Waals surface area contributed by atoms with E-state index in [1.54, 1.807) is 19.1 Å². The Bertz CT molecular complexity index is 1290. The van der Waals surface area contributed by atoms with Gasteiger partial charge in [-0.05, 0) is 44.0 Å². The number of pyridine rings is 1. The summed E-state index contributed by atoms with van der Waals surface area (Å²) in [4.78, 5) is 32.4. The van der Waals surface area contributed by atoms with E-state index in [1.807, 2.05) is 59.9 Å². The average Bonchev–Trinajstić information content (AvgIpc) is 3.55. The quantitative estimate of drug-likeness (QED) is 0.364. The lowest BCUT2D eigenvalue weighted by Gasteiger charge is -2.15. The number of hydrogen-bond acceptors (Lipinski definition) is 7. The third-order valence-electron chi connectivity index (χ3n) is 6.35. The number of carbonyl (C=O) groups excluding carboxylic acids is 2. The van der Waals surface area contributed by atoms with Gasteiger partial charge in [-0.3, -0.25) is 14.0 Å². The maximum absolute atomic E-state index is 13.2. The van der Waals surface area contributed by atoms with E-state index in [1.165, 1.54) is 0 Å².